The van der Waals surface area contributed by atoms with Crippen molar-refractivity contribution < 1.29 is 18.7 Å². The van der Waals surface area contributed by atoms with E-state index in [-0.39, 0.29) is 11.7 Å². The summed E-state index contributed by atoms with van der Waals surface area (Å²) in [5.74, 6) is 0.376. The van der Waals surface area contributed by atoms with Crippen LogP contribution in [0.1, 0.15) is 24.1 Å². The van der Waals surface area contributed by atoms with E-state index in [1.165, 1.54) is 12.1 Å². The van der Waals surface area contributed by atoms with Crippen LogP contribution in [-0.4, -0.2) is 42.6 Å². The van der Waals surface area contributed by atoms with Gasteiger partial charge in [-0.05, 0) is 61.6 Å². The topological polar surface area (TPSA) is 65.4 Å². The summed E-state index contributed by atoms with van der Waals surface area (Å²) in [6.07, 6.45) is 3.75. The van der Waals surface area contributed by atoms with Crippen molar-refractivity contribution in [3.63, 3.8) is 0 Å². The van der Waals surface area contributed by atoms with E-state index in [0.29, 0.717) is 56.9 Å². The molecule has 7 heteroatoms. The quantitative estimate of drug-likeness (QED) is 0.559. The third kappa shape index (κ3) is 5.25. The fourth-order valence-corrected chi connectivity index (χ4v) is 4.44. The summed E-state index contributed by atoms with van der Waals surface area (Å²) in [5.41, 5.74) is 3.20. The summed E-state index contributed by atoms with van der Waals surface area (Å²) < 4.78 is 26.6. The van der Waals surface area contributed by atoms with E-state index in [0.717, 1.165) is 16.8 Å². The average molecular weight is 452 g/mol. The molecule has 0 spiro atoms. The first-order valence-corrected chi connectivity index (χ1v) is 11.3. The fraction of sp³-hybridized carbons (Fsp3) is 0.385. The number of amides is 1. The first kappa shape index (κ1) is 23.0. The van der Waals surface area contributed by atoms with Gasteiger partial charge < -0.3 is 14.8 Å². The standard InChI is InChI=1S/C26H30FN3O3/c1-19-9-12-29-30(19)14-13-28-25(31)26(10-15-33-16-11-26)18-20-3-5-21(6-4-20)23-17-22(27)7-8-24(23)32-2/h3-9,12,17H,10-11,13-16,18H2,1-2H3,(H,28,31). The highest BCUT2D eigenvalue weighted by Gasteiger charge is 2.39. The van der Waals surface area contributed by atoms with E-state index in [4.69, 9.17) is 9.47 Å². The van der Waals surface area contributed by atoms with Gasteiger partial charge in [-0.15, -0.1) is 0 Å². The van der Waals surface area contributed by atoms with Gasteiger partial charge >= 0.3 is 0 Å². The van der Waals surface area contributed by atoms with Gasteiger partial charge in [-0.2, -0.15) is 5.10 Å². The van der Waals surface area contributed by atoms with E-state index in [1.807, 2.05) is 41.9 Å². The second kappa shape index (κ2) is 10.2. The lowest BCUT2D eigenvalue weighted by atomic mass is 9.74. The van der Waals surface area contributed by atoms with Gasteiger partial charge in [0.05, 0.1) is 19.1 Å². The molecule has 1 aliphatic rings. The molecule has 33 heavy (non-hydrogen) atoms. The number of methoxy groups -OCH3 is 1. The molecule has 1 saturated heterocycles. The van der Waals surface area contributed by atoms with Crippen molar-refractivity contribution in [1.82, 2.24) is 15.1 Å². The van der Waals surface area contributed by atoms with Gasteiger partial charge in [0.2, 0.25) is 5.91 Å². The SMILES string of the molecule is COc1ccc(F)cc1-c1ccc(CC2(C(=O)NCCn3nccc3C)CCOCC2)cc1. The van der Waals surface area contributed by atoms with Crippen molar-refractivity contribution in [3.8, 4) is 16.9 Å². The third-order valence-electron chi connectivity index (χ3n) is 6.44. The van der Waals surface area contributed by atoms with Gasteiger partial charge in [0.1, 0.15) is 11.6 Å². The highest BCUT2D eigenvalue weighted by molar-refractivity contribution is 5.83. The van der Waals surface area contributed by atoms with Crippen molar-refractivity contribution in [2.24, 2.45) is 5.41 Å². The second-order valence-corrected chi connectivity index (χ2v) is 8.56. The molecule has 3 aromatic rings. The molecule has 0 atom stereocenters. The Morgan fingerprint density at radius 3 is 2.61 bits per heavy atom. The summed E-state index contributed by atoms with van der Waals surface area (Å²) in [5, 5.41) is 7.40. The number of carbonyl (C=O) groups excluding carboxylic acids is 1. The van der Waals surface area contributed by atoms with Crippen molar-refractivity contribution in [2.75, 3.05) is 26.9 Å². The maximum Gasteiger partial charge on any atom is 0.226 e. The molecule has 1 N–H and O–H groups in total. The first-order valence-electron chi connectivity index (χ1n) is 11.3. The summed E-state index contributed by atoms with van der Waals surface area (Å²) in [6.45, 7) is 4.32. The third-order valence-corrected chi connectivity index (χ3v) is 6.44. The second-order valence-electron chi connectivity index (χ2n) is 8.56. The van der Waals surface area contributed by atoms with E-state index in [9.17, 15) is 9.18 Å². The van der Waals surface area contributed by atoms with Gasteiger partial charge in [-0.1, -0.05) is 24.3 Å². The molecular weight excluding hydrogens is 421 g/mol. The monoisotopic (exact) mass is 451 g/mol. The summed E-state index contributed by atoms with van der Waals surface area (Å²) in [7, 11) is 1.58. The Morgan fingerprint density at radius 1 is 1.18 bits per heavy atom. The first-order chi connectivity index (χ1) is 16.0. The van der Waals surface area contributed by atoms with Crippen molar-refractivity contribution in [3.05, 3.63) is 71.8 Å². The number of nitrogens with zero attached hydrogens (tertiary/aromatic N) is 2. The lowest BCUT2D eigenvalue weighted by molar-refractivity contribution is -0.136. The highest BCUT2D eigenvalue weighted by Crippen LogP contribution is 2.36. The number of halogens is 1. The van der Waals surface area contributed by atoms with Crippen molar-refractivity contribution in [1.29, 1.82) is 0 Å². The summed E-state index contributed by atoms with van der Waals surface area (Å²) in [4.78, 5) is 13.3. The number of carbonyl (C=O) groups is 1. The number of rotatable bonds is 8. The van der Waals surface area contributed by atoms with E-state index < -0.39 is 5.41 Å². The molecule has 2 aromatic carbocycles. The van der Waals surface area contributed by atoms with Gasteiger partial charge in [0, 0.05) is 37.2 Å². The normalized spacial score (nSPS) is 15.2. The van der Waals surface area contributed by atoms with Crippen LogP contribution < -0.4 is 10.1 Å². The molecule has 0 unspecified atom stereocenters. The average Bonchev–Trinajstić information content (AvgIpc) is 3.24. The highest BCUT2D eigenvalue weighted by atomic mass is 19.1. The zero-order chi connectivity index (χ0) is 23.3. The zero-order valence-corrected chi connectivity index (χ0v) is 19.1. The Kier molecular flexibility index (Phi) is 7.08. The number of ether oxygens (including phenoxy) is 2. The number of aromatic nitrogens is 2. The van der Waals surface area contributed by atoms with Crippen LogP contribution in [0.5, 0.6) is 5.75 Å². The zero-order valence-electron chi connectivity index (χ0n) is 19.1. The Morgan fingerprint density at radius 2 is 1.94 bits per heavy atom. The van der Waals surface area contributed by atoms with Crippen LogP contribution in [0, 0.1) is 18.2 Å². The Hall–Kier alpha value is -3.19. The molecular formula is C26H30FN3O3. The lowest BCUT2D eigenvalue weighted by Crippen LogP contribution is -2.47. The molecule has 1 aliphatic heterocycles. The maximum atomic E-state index is 13.8. The summed E-state index contributed by atoms with van der Waals surface area (Å²) >= 11 is 0. The van der Waals surface area contributed by atoms with Crippen LogP contribution >= 0.6 is 0 Å². The number of hydrogen-bond acceptors (Lipinski definition) is 4. The predicted molar refractivity (Wildman–Crippen MR) is 125 cm³/mol. The molecule has 1 amide bonds. The Labute approximate surface area is 193 Å². The fourth-order valence-electron chi connectivity index (χ4n) is 4.44. The van der Waals surface area contributed by atoms with Crippen LogP contribution in [-0.2, 0) is 22.5 Å². The predicted octanol–water partition coefficient (Wildman–Crippen LogP) is 4.16. The van der Waals surface area contributed by atoms with E-state index >= 15 is 0 Å². The number of benzene rings is 2. The van der Waals surface area contributed by atoms with Gasteiger partial charge in [0.25, 0.3) is 0 Å². The van der Waals surface area contributed by atoms with Crippen LogP contribution in [0.3, 0.4) is 0 Å². The van der Waals surface area contributed by atoms with Gasteiger partial charge in [-0.25, -0.2) is 4.39 Å². The van der Waals surface area contributed by atoms with Crippen LogP contribution in [0.4, 0.5) is 4.39 Å². The van der Waals surface area contributed by atoms with E-state index in [2.05, 4.69) is 10.4 Å². The van der Waals surface area contributed by atoms with Crippen molar-refractivity contribution in [2.45, 2.75) is 32.7 Å². The molecule has 6 nitrogen and oxygen atoms in total. The van der Waals surface area contributed by atoms with E-state index in [1.54, 1.807) is 19.4 Å². The smallest absolute Gasteiger partial charge is 0.226 e. The molecule has 0 saturated carbocycles. The van der Waals surface area contributed by atoms with Crippen molar-refractivity contribution >= 4 is 5.91 Å². The molecule has 174 valence electrons. The minimum absolute atomic E-state index is 0.0616. The molecule has 1 fully saturated rings. The molecule has 2 heterocycles. The maximum absolute atomic E-state index is 13.8. The van der Waals surface area contributed by atoms with Crippen LogP contribution in [0.2, 0.25) is 0 Å². The Bertz CT molecular complexity index is 1090. The summed E-state index contributed by atoms with van der Waals surface area (Å²) in [6, 6.07) is 14.4. The van der Waals surface area contributed by atoms with Gasteiger partial charge in [0.15, 0.2) is 0 Å². The minimum atomic E-state index is -0.504. The number of hydrogen-bond donors (Lipinski definition) is 1. The largest absolute Gasteiger partial charge is 0.496 e. The van der Waals surface area contributed by atoms with Gasteiger partial charge in [-0.3, -0.25) is 9.48 Å². The minimum Gasteiger partial charge on any atom is -0.496 e. The van der Waals surface area contributed by atoms with Crippen LogP contribution in [0.25, 0.3) is 11.1 Å². The Balaban J connectivity index is 1.47. The van der Waals surface area contributed by atoms with Crippen LogP contribution in [0.15, 0.2) is 54.7 Å². The number of nitrogens with one attached hydrogen (secondary N) is 1. The molecule has 1 aromatic heterocycles. The lowest BCUT2D eigenvalue weighted by Gasteiger charge is -2.36. The molecule has 4 rings (SSSR count). The molecule has 0 bridgehead atoms. The number of aryl methyl sites for hydroxylation is 1. The molecule has 0 radical (unpaired) electrons. The molecule has 0 aliphatic carbocycles.